The molecule has 11 heteroatoms. The maximum absolute atomic E-state index is 13.9. The topological polar surface area (TPSA) is 105 Å². The van der Waals surface area contributed by atoms with E-state index in [1.54, 1.807) is 62.4 Å². The summed E-state index contributed by atoms with van der Waals surface area (Å²) in [7, 11) is -1.34. The zero-order valence-corrected chi connectivity index (χ0v) is 23.8. The molecule has 1 N–H and O–H groups in total. The minimum absolute atomic E-state index is 0.0389. The number of likely N-dealkylation sites (N-methyl/N-ethyl adjacent to an activating group) is 1. The summed E-state index contributed by atoms with van der Waals surface area (Å²) in [6, 6.07) is 18.4. The SMILES string of the molecule is CCNC(=O)C(C)N(Cc1ccc(Cl)cc1)C(=O)CN(c1ccccc1OC)S(=O)(=O)c1ccc(OC)cc1. The van der Waals surface area contributed by atoms with Gasteiger partial charge in [0.2, 0.25) is 11.8 Å². The van der Waals surface area contributed by atoms with Gasteiger partial charge in [0.25, 0.3) is 10.0 Å². The van der Waals surface area contributed by atoms with Crippen LogP contribution in [-0.4, -0.2) is 58.5 Å². The quantitative estimate of drug-likeness (QED) is 0.350. The first-order valence-electron chi connectivity index (χ1n) is 12.2. The standard InChI is InChI=1S/C28H32ClN3O6S/c1-5-30-28(34)20(2)31(18-21-10-12-22(29)13-11-21)27(33)19-32(25-8-6-7-9-26(25)38-4)39(35,36)24-16-14-23(37-3)15-17-24/h6-17,20H,5,18-19H2,1-4H3,(H,30,34). The van der Waals surface area contributed by atoms with Gasteiger partial charge in [0.05, 0.1) is 24.8 Å². The number of methoxy groups -OCH3 is 2. The highest BCUT2D eigenvalue weighted by Crippen LogP contribution is 2.33. The number of benzene rings is 3. The molecule has 208 valence electrons. The predicted octanol–water partition coefficient (Wildman–Crippen LogP) is 4.11. The van der Waals surface area contributed by atoms with Gasteiger partial charge >= 0.3 is 0 Å². The van der Waals surface area contributed by atoms with Crippen molar-refractivity contribution >= 4 is 39.1 Å². The van der Waals surface area contributed by atoms with Crippen molar-refractivity contribution < 1.29 is 27.5 Å². The molecule has 1 atom stereocenters. The molecule has 0 saturated heterocycles. The Hall–Kier alpha value is -3.76. The summed E-state index contributed by atoms with van der Waals surface area (Å²) in [4.78, 5) is 28.0. The summed E-state index contributed by atoms with van der Waals surface area (Å²) in [5, 5.41) is 3.26. The molecule has 1 unspecified atom stereocenters. The zero-order chi connectivity index (χ0) is 28.6. The van der Waals surface area contributed by atoms with Crippen LogP contribution < -0.4 is 19.1 Å². The van der Waals surface area contributed by atoms with E-state index in [1.807, 2.05) is 0 Å². The van der Waals surface area contributed by atoms with Crippen LogP contribution in [0.25, 0.3) is 0 Å². The van der Waals surface area contributed by atoms with Crippen LogP contribution in [0.5, 0.6) is 11.5 Å². The van der Waals surface area contributed by atoms with Crippen LogP contribution in [0.1, 0.15) is 19.4 Å². The maximum atomic E-state index is 13.9. The molecule has 0 aliphatic heterocycles. The molecule has 0 aliphatic carbocycles. The first-order chi connectivity index (χ1) is 18.6. The smallest absolute Gasteiger partial charge is 0.264 e. The van der Waals surface area contributed by atoms with E-state index >= 15 is 0 Å². The lowest BCUT2D eigenvalue weighted by molar-refractivity contribution is -0.139. The second kappa shape index (κ2) is 13.3. The van der Waals surface area contributed by atoms with Crippen LogP contribution in [0.4, 0.5) is 5.69 Å². The van der Waals surface area contributed by atoms with Gasteiger partial charge in [-0.1, -0.05) is 35.9 Å². The highest BCUT2D eigenvalue weighted by atomic mass is 35.5. The van der Waals surface area contributed by atoms with E-state index in [9.17, 15) is 18.0 Å². The molecule has 0 spiro atoms. The molecular weight excluding hydrogens is 542 g/mol. The lowest BCUT2D eigenvalue weighted by atomic mass is 10.1. The second-order valence-corrected chi connectivity index (χ2v) is 10.9. The second-order valence-electron chi connectivity index (χ2n) is 8.58. The summed E-state index contributed by atoms with van der Waals surface area (Å²) < 4.78 is 39.4. The van der Waals surface area contributed by atoms with E-state index in [-0.39, 0.29) is 28.8 Å². The zero-order valence-electron chi connectivity index (χ0n) is 22.3. The Labute approximate surface area is 234 Å². The van der Waals surface area contributed by atoms with Crippen LogP contribution in [0.15, 0.2) is 77.7 Å². The first-order valence-corrected chi connectivity index (χ1v) is 14.1. The lowest BCUT2D eigenvalue weighted by Gasteiger charge is -2.32. The molecule has 0 fully saturated rings. The Balaban J connectivity index is 2.06. The molecule has 3 aromatic carbocycles. The van der Waals surface area contributed by atoms with Gasteiger partial charge in [-0.15, -0.1) is 0 Å². The van der Waals surface area contributed by atoms with Gasteiger partial charge < -0.3 is 19.7 Å². The lowest BCUT2D eigenvalue weighted by Crippen LogP contribution is -2.51. The highest BCUT2D eigenvalue weighted by molar-refractivity contribution is 7.92. The van der Waals surface area contributed by atoms with Crippen molar-refractivity contribution in [2.45, 2.75) is 31.3 Å². The highest BCUT2D eigenvalue weighted by Gasteiger charge is 2.33. The van der Waals surface area contributed by atoms with E-state index in [1.165, 1.54) is 43.4 Å². The number of carbonyl (C=O) groups excluding carboxylic acids is 2. The summed E-state index contributed by atoms with van der Waals surface area (Å²) in [6.45, 7) is 3.25. The van der Waals surface area contributed by atoms with Crippen molar-refractivity contribution in [2.75, 3.05) is 31.6 Å². The maximum Gasteiger partial charge on any atom is 0.264 e. The number of nitrogens with one attached hydrogen (secondary N) is 1. The number of halogens is 1. The number of anilines is 1. The summed E-state index contributed by atoms with van der Waals surface area (Å²) in [5.41, 5.74) is 0.909. The molecule has 0 bridgehead atoms. The number of nitrogens with zero attached hydrogens (tertiary/aromatic N) is 2. The number of para-hydroxylation sites is 2. The largest absolute Gasteiger partial charge is 0.497 e. The third-order valence-electron chi connectivity index (χ3n) is 6.06. The average molecular weight is 574 g/mol. The number of carbonyl (C=O) groups is 2. The Morgan fingerprint density at radius 2 is 1.59 bits per heavy atom. The van der Waals surface area contributed by atoms with Crippen LogP contribution >= 0.6 is 11.6 Å². The molecule has 39 heavy (non-hydrogen) atoms. The van der Waals surface area contributed by atoms with Gasteiger partial charge in [0.15, 0.2) is 0 Å². The Bertz CT molecular complexity index is 1380. The van der Waals surface area contributed by atoms with Gasteiger partial charge in [0, 0.05) is 18.1 Å². The van der Waals surface area contributed by atoms with Crippen LogP contribution in [0, 0.1) is 0 Å². The van der Waals surface area contributed by atoms with Gasteiger partial charge in [-0.25, -0.2) is 8.42 Å². The molecule has 0 saturated carbocycles. The molecule has 3 rings (SSSR count). The predicted molar refractivity (Wildman–Crippen MR) is 151 cm³/mol. The number of amides is 2. The third-order valence-corrected chi connectivity index (χ3v) is 8.09. The molecule has 9 nitrogen and oxygen atoms in total. The molecule has 0 radical (unpaired) electrons. The fourth-order valence-corrected chi connectivity index (χ4v) is 5.47. The van der Waals surface area contributed by atoms with Crippen LogP contribution in [0.3, 0.4) is 0 Å². The van der Waals surface area contributed by atoms with Crippen molar-refractivity contribution in [3.63, 3.8) is 0 Å². The van der Waals surface area contributed by atoms with Crippen molar-refractivity contribution in [2.24, 2.45) is 0 Å². The van der Waals surface area contributed by atoms with Crippen molar-refractivity contribution in [3.8, 4) is 11.5 Å². The van der Waals surface area contributed by atoms with E-state index in [2.05, 4.69) is 5.32 Å². The van der Waals surface area contributed by atoms with E-state index in [4.69, 9.17) is 21.1 Å². The molecule has 2 amide bonds. The summed E-state index contributed by atoms with van der Waals surface area (Å²) in [6.07, 6.45) is 0. The normalized spacial score (nSPS) is 11.8. The Morgan fingerprint density at radius 1 is 0.949 bits per heavy atom. The van der Waals surface area contributed by atoms with E-state index in [0.717, 1.165) is 9.87 Å². The molecule has 3 aromatic rings. The van der Waals surface area contributed by atoms with Crippen molar-refractivity contribution in [1.82, 2.24) is 10.2 Å². The van der Waals surface area contributed by atoms with Gasteiger partial charge in [-0.2, -0.15) is 0 Å². The van der Waals surface area contributed by atoms with E-state index in [0.29, 0.717) is 17.3 Å². The molecular formula is C28H32ClN3O6S. The van der Waals surface area contributed by atoms with Gasteiger partial charge in [-0.3, -0.25) is 13.9 Å². The third kappa shape index (κ3) is 7.21. The minimum atomic E-state index is -4.24. The van der Waals surface area contributed by atoms with Crippen molar-refractivity contribution in [3.05, 3.63) is 83.4 Å². The number of rotatable bonds is 12. The first kappa shape index (κ1) is 29.8. The van der Waals surface area contributed by atoms with Crippen LogP contribution in [0.2, 0.25) is 5.02 Å². The average Bonchev–Trinajstić information content (AvgIpc) is 2.95. The minimum Gasteiger partial charge on any atom is -0.497 e. The number of hydrogen-bond acceptors (Lipinski definition) is 6. The van der Waals surface area contributed by atoms with Gasteiger partial charge in [-0.05, 0) is 67.9 Å². The molecule has 0 heterocycles. The molecule has 0 aromatic heterocycles. The monoisotopic (exact) mass is 573 g/mol. The van der Waals surface area contributed by atoms with Crippen LogP contribution in [-0.2, 0) is 26.2 Å². The molecule has 0 aliphatic rings. The summed E-state index contributed by atoms with van der Waals surface area (Å²) >= 11 is 6.02. The van der Waals surface area contributed by atoms with Crippen molar-refractivity contribution in [1.29, 1.82) is 0 Å². The fraction of sp³-hybridized carbons (Fsp3) is 0.286. The fourth-order valence-electron chi connectivity index (χ4n) is 3.92. The van der Waals surface area contributed by atoms with E-state index < -0.39 is 28.5 Å². The number of hydrogen-bond donors (Lipinski definition) is 1. The Kier molecular flexibility index (Phi) is 10.2. The van der Waals surface area contributed by atoms with Gasteiger partial charge in [0.1, 0.15) is 24.1 Å². The Morgan fingerprint density at radius 3 is 2.18 bits per heavy atom. The number of sulfonamides is 1. The number of ether oxygens (including phenoxy) is 2. The summed E-state index contributed by atoms with van der Waals surface area (Å²) in [5.74, 6) is -0.185.